The van der Waals surface area contributed by atoms with E-state index in [4.69, 9.17) is 10.2 Å². The van der Waals surface area contributed by atoms with Crippen LogP contribution in [0.2, 0.25) is 0 Å². The van der Waals surface area contributed by atoms with Crippen molar-refractivity contribution >= 4 is 51.4 Å². The second kappa shape index (κ2) is 2.16. The quantitative estimate of drug-likeness (QED) is 0.165. The molecule has 0 spiro atoms. The van der Waals surface area contributed by atoms with Crippen LogP contribution in [0.4, 0.5) is 0 Å². The fourth-order valence-electron chi connectivity index (χ4n) is 0.0373. The van der Waals surface area contributed by atoms with Crippen LogP contribution in [0.3, 0.4) is 0 Å². The molecule has 0 aromatic carbocycles. The third-order valence-corrected chi connectivity index (χ3v) is 0.232. The predicted octanol–water partition coefficient (Wildman–Crippen LogP) is -2.10. The van der Waals surface area contributed by atoms with Crippen molar-refractivity contribution in [1.82, 2.24) is 0 Å². The summed E-state index contributed by atoms with van der Waals surface area (Å²) >= 11 is 0. The van der Waals surface area contributed by atoms with Gasteiger partial charge in [0.15, 0.2) is 0 Å². The molecule has 32 valence electrons. The Kier molecular flexibility index (Phi) is 2.70. The minimum absolute atomic E-state index is 0. The Morgan fingerprint density at radius 3 is 1.33 bits per heavy atom. The number of aliphatic hydroxyl groups is 2. The van der Waals surface area contributed by atoms with Crippen LogP contribution in [0.1, 0.15) is 0 Å². The predicted molar refractivity (Wildman–Crippen MR) is 16.5 cm³/mol. The summed E-state index contributed by atoms with van der Waals surface area (Å²) in [7, 11) is 0. The van der Waals surface area contributed by atoms with E-state index < -0.39 is 6.16 Å². The summed E-state index contributed by atoms with van der Waals surface area (Å²) in [4.78, 5) is 7.01. The Morgan fingerprint density at radius 1 is 1.17 bits per heavy atom. The Bertz CT molecular complexity index is 45.5. The van der Waals surface area contributed by atoms with Crippen molar-refractivity contribution in [2.24, 2.45) is 0 Å². The molecule has 1 aliphatic rings. The second-order valence-electron chi connectivity index (χ2n) is 0.715. The average molecular weight is 118 g/mol. The molecule has 1 aliphatic heterocycles. The van der Waals surface area contributed by atoms with Crippen molar-refractivity contribution in [1.29, 1.82) is 0 Å². The van der Waals surface area contributed by atoms with Crippen LogP contribution in [-0.4, -0.2) is 67.8 Å². The van der Waals surface area contributed by atoms with Gasteiger partial charge in [-0.15, -0.1) is 9.78 Å². The van der Waals surface area contributed by atoms with Crippen molar-refractivity contribution in [3.8, 4) is 0 Å². The van der Waals surface area contributed by atoms with E-state index in [1.807, 2.05) is 0 Å². The van der Waals surface area contributed by atoms with Crippen LogP contribution in [0.15, 0.2) is 0 Å². The summed E-state index contributed by atoms with van der Waals surface area (Å²) in [5.74, 6) is 0. The fraction of sp³-hybridized carbons (Fsp3) is 1.00. The zero-order valence-electron chi connectivity index (χ0n) is 2.21. The second-order valence-corrected chi connectivity index (χ2v) is 0.715. The summed E-state index contributed by atoms with van der Waals surface area (Å²) in [5, 5.41) is 15.5. The first-order valence-corrected chi connectivity index (χ1v) is 1.02. The molecule has 4 nitrogen and oxygen atoms in total. The van der Waals surface area contributed by atoms with Crippen molar-refractivity contribution in [3.05, 3.63) is 0 Å². The van der Waals surface area contributed by atoms with Crippen LogP contribution >= 0.6 is 0 Å². The molecule has 0 amide bonds. The Labute approximate surface area is 76.4 Å². The molecule has 0 bridgehead atoms. The molecule has 1 fully saturated rings. The van der Waals surface area contributed by atoms with Crippen molar-refractivity contribution in [2.75, 3.05) is 0 Å². The zero-order valence-corrected chi connectivity index (χ0v) is 2.21. The van der Waals surface area contributed by atoms with Gasteiger partial charge in [0.1, 0.15) is 0 Å². The van der Waals surface area contributed by atoms with Crippen LogP contribution < -0.4 is 0 Å². The minimum atomic E-state index is -2.25. The molecule has 1 saturated heterocycles. The molecular formula is CH3KO4. The van der Waals surface area contributed by atoms with Crippen molar-refractivity contribution in [3.63, 3.8) is 0 Å². The third-order valence-electron chi connectivity index (χ3n) is 0.232. The fourth-order valence-corrected chi connectivity index (χ4v) is 0.0373. The van der Waals surface area contributed by atoms with Gasteiger partial charge in [-0.1, -0.05) is 0 Å². The zero-order chi connectivity index (χ0) is 3.91. The van der Waals surface area contributed by atoms with Gasteiger partial charge in [-0.3, -0.25) is 0 Å². The maximum absolute atomic E-state index is 7.74. The van der Waals surface area contributed by atoms with Crippen LogP contribution in [0, 0.1) is 0 Å². The molecule has 0 saturated carbocycles. The van der Waals surface area contributed by atoms with E-state index >= 15 is 0 Å². The average Bonchev–Trinajstić information content (AvgIpc) is 1.76. The van der Waals surface area contributed by atoms with Crippen molar-refractivity contribution < 1.29 is 20.0 Å². The van der Waals surface area contributed by atoms with Gasteiger partial charge in [0.25, 0.3) is 0 Å². The van der Waals surface area contributed by atoms with Crippen molar-refractivity contribution in [2.45, 2.75) is 6.16 Å². The van der Waals surface area contributed by atoms with E-state index in [0.717, 1.165) is 0 Å². The van der Waals surface area contributed by atoms with Crippen LogP contribution in [0.25, 0.3) is 0 Å². The molecule has 0 unspecified atom stereocenters. The van der Waals surface area contributed by atoms with Gasteiger partial charge in [0.2, 0.25) is 0 Å². The summed E-state index contributed by atoms with van der Waals surface area (Å²) in [5.41, 5.74) is 0. The molecular weight excluding hydrogens is 115 g/mol. The topological polar surface area (TPSA) is 65.5 Å². The number of hydrogen-bond donors (Lipinski definition) is 2. The normalized spacial score (nSPS) is 25.0. The molecule has 1 heterocycles. The molecule has 1 rings (SSSR count). The third kappa shape index (κ3) is 2.62. The molecule has 5 heteroatoms. The molecule has 0 aromatic rings. The Hall–Kier alpha value is 1.48. The van der Waals surface area contributed by atoms with Gasteiger partial charge in [0.05, 0.1) is 0 Å². The monoisotopic (exact) mass is 118 g/mol. The Balaban J connectivity index is 0.000000250. The first-order valence-electron chi connectivity index (χ1n) is 1.02. The summed E-state index contributed by atoms with van der Waals surface area (Å²) in [6, 6.07) is 0. The van der Waals surface area contributed by atoms with Gasteiger partial charge in [0, 0.05) is 0 Å². The summed E-state index contributed by atoms with van der Waals surface area (Å²) in [6.45, 7) is 0. The van der Waals surface area contributed by atoms with E-state index in [1.54, 1.807) is 0 Å². The summed E-state index contributed by atoms with van der Waals surface area (Å²) in [6.07, 6.45) is -2.25. The first kappa shape index (κ1) is 7.48. The van der Waals surface area contributed by atoms with E-state index in [9.17, 15) is 0 Å². The molecule has 0 aliphatic carbocycles. The molecule has 0 radical (unpaired) electrons. The van der Waals surface area contributed by atoms with Gasteiger partial charge in [-0.2, -0.15) is 0 Å². The van der Waals surface area contributed by atoms with Gasteiger partial charge in [-0.25, -0.2) is 0 Å². The SMILES string of the molecule is OC1(O)OO1.[KH]. The maximum atomic E-state index is 7.74. The number of rotatable bonds is 0. The molecule has 0 aromatic heterocycles. The number of hydrogen-bond acceptors (Lipinski definition) is 4. The molecule has 6 heavy (non-hydrogen) atoms. The molecule has 2 N–H and O–H groups in total. The Morgan fingerprint density at radius 2 is 1.33 bits per heavy atom. The van der Waals surface area contributed by atoms with E-state index in [1.165, 1.54) is 0 Å². The van der Waals surface area contributed by atoms with Crippen LogP contribution in [-0.2, 0) is 9.78 Å². The molecule has 0 atom stereocenters. The van der Waals surface area contributed by atoms with Gasteiger partial charge >= 0.3 is 57.5 Å². The van der Waals surface area contributed by atoms with Crippen LogP contribution in [0.5, 0.6) is 0 Å². The van der Waals surface area contributed by atoms with E-state index in [0.29, 0.717) is 0 Å². The van der Waals surface area contributed by atoms with E-state index in [-0.39, 0.29) is 51.4 Å². The standard InChI is InChI=1S/CH2O4.K.H/c2-1(3)4-5-1;;/h2-3H;;. The first-order chi connectivity index (χ1) is 2.21. The van der Waals surface area contributed by atoms with E-state index in [2.05, 4.69) is 9.78 Å². The summed E-state index contributed by atoms with van der Waals surface area (Å²) < 4.78 is 0. The van der Waals surface area contributed by atoms with Gasteiger partial charge in [-0.05, 0) is 0 Å². The van der Waals surface area contributed by atoms with Gasteiger partial charge < -0.3 is 10.2 Å².